The van der Waals surface area contributed by atoms with Crippen molar-refractivity contribution < 1.29 is 9.59 Å². The van der Waals surface area contributed by atoms with Gasteiger partial charge in [-0.1, -0.05) is 26.2 Å². The number of carbonyl (C=O) groups is 2. The number of rotatable bonds is 5. The third-order valence-electron chi connectivity index (χ3n) is 7.14. The van der Waals surface area contributed by atoms with Gasteiger partial charge >= 0.3 is 0 Å². The summed E-state index contributed by atoms with van der Waals surface area (Å²) in [5.41, 5.74) is 0. The Morgan fingerprint density at radius 2 is 1.56 bits per heavy atom. The molecule has 0 bridgehead atoms. The van der Waals surface area contributed by atoms with Gasteiger partial charge in [-0.2, -0.15) is 0 Å². The van der Waals surface area contributed by atoms with Gasteiger partial charge in [0.25, 0.3) is 0 Å². The Hall–Kier alpha value is -1.10. The maximum absolute atomic E-state index is 13.0. The molecule has 154 valence electrons. The lowest BCUT2D eigenvalue weighted by atomic mass is 9.86. The number of piperidine rings is 1. The van der Waals surface area contributed by atoms with E-state index in [1.807, 2.05) is 4.90 Å². The Bertz CT molecular complexity index is 496. The minimum atomic E-state index is -0.0623. The van der Waals surface area contributed by atoms with Crippen molar-refractivity contribution in [3.8, 4) is 0 Å². The molecule has 0 aromatic carbocycles. The number of carbonyl (C=O) groups excluding carboxylic acids is 2. The summed E-state index contributed by atoms with van der Waals surface area (Å²) in [5, 5.41) is 0. The van der Waals surface area contributed by atoms with Crippen LogP contribution in [-0.4, -0.2) is 71.3 Å². The van der Waals surface area contributed by atoms with Gasteiger partial charge in [0.15, 0.2) is 0 Å². The predicted octanol–water partition coefficient (Wildman–Crippen LogP) is 3.28. The van der Waals surface area contributed by atoms with E-state index in [9.17, 15) is 9.59 Å². The summed E-state index contributed by atoms with van der Waals surface area (Å²) < 4.78 is 0. The molecular formula is C22H39N3O2. The van der Waals surface area contributed by atoms with E-state index in [0.717, 1.165) is 58.4 Å². The van der Waals surface area contributed by atoms with Crippen molar-refractivity contribution >= 4 is 11.8 Å². The predicted molar refractivity (Wildman–Crippen MR) is 108 cm³/mol. The molecule has 2 saturated heterocycles. The number of likely N-dealkylation sites (tertiary alicyclic amines) is 1. The van der Waals surface area contributed by atoms with Crippen LogP contribution in [0.2, 0.25) is 0 Å². The summed E-state index contributed by atoms with van der Waals surface area (Å²) in [6.07, 6.45) is 11.7. The summed E-state index contributed by atoms with van der Waals surface area (Å²) >= 11 is 0. The highest BCUT2D eigenvalue weighted by molar-refractivity contribution is 5.82. The van der Waals surface area contributed by atoms with Gasteiger partial charge in [0.1, 0.15) is 0 Å². The Balaban J connectivity index is 1.46. The lowest BCUT2D eigenvalue weighted by Gasteiger charge is -2.42. The first-order valence-corrected chi connectivity index (χ1v) is 11.4. The molecule has 0 aromatic rings. The van der Waals surface area contributed by atoms with Crippen LogP contribution in [0.25, 0.3) is 0 Å². The lowest BCUT2D eigenvalue weighted by molar-refractivity contribution is -0.142. The molecular weight excluding hydrogens is 338 g/mol. The summed E-state index contributed by atoms with van der Waals surface area (Å²) in [6.45, 7) is 8.38. The van der Waals surface area contributed by atoms with Crippen molar-refractivity contribution in [2.24, 2.45) is 5.92 Å². The van der Waals surface area contributed by atoms with E-state index in [1.54, 1.807) is 0 Å². The third-order valence-corrected chi connectivity index (χ3v) is 7.14. The van der Waals surface area contributed by atoms with Crippen LogP contribution in [-0.2, 0) is 9.59 Å². The summed E-state index contributed by atoms with van der Waals surface area (Å²) in [6, 6.07) is 0.361. The largest absolute Gasteiger partial charge is 0.340 e. The van der Waals surface area contributed by atoms with Crippen molar-refractivity contribution in [2.75, 3.05) is 32.7 Å². The van der Waals surface area contributed by atoms with Gasteiger partial charge in [0.2, 0.25) is 11.8 Å². The number of amides is 2. The summed E-state index contributed by atoms with van der Waals surface area (Å²) in [7, 11) is 0. The second-order valence-electron chi connectivity index (χ2n) is 8.89. The fourth-order valence-electron chi connectivity index (χ4n) is 5.24. The first-order chi connectivity index (χ1) is 13.1. The topological polar surface area (TPSA) is 43.9 Å². The van der Waals surface area contributed by atoms with E-state index in [2.05, 4.69) is 23.6 Å². The van der Waals surface area contributed by atoms with Gasteiger partial charge in [0.05, 0.1) is 6.04 Å². The molecule has 0 radical (unpaired) electrons. The Morgan fingerprint density at radius 3 is 2.22 bits per heavy atom. The van der Waals surface area contributed by atoms with Crippen LogP contribution in [0.1, 0.15) is 78.1 Å². The van der Waals surface area contributed by atoms with Crippen LogP contribution in [0.15, 0.2) is 0 Å². The molecule has 3 aliphatic rings. The van der Waals surface area contributed by atoms with Gasteiger partial charge in [-0.05, 0) is 51.4 Å². The number of nitrogens with zero attached hydrogens (tertiary/aromatic N) is 3. The first kappa shape index (κ1) is 20.6. The van der Waals surface area contributed by atoms with Gasteiger partial charge in [0, 0.05) is 45.2 Å². The monoisotopic (exact) mass is 377 g/mol. The van der Waals surface area contributed by atoms with E-state index in [0.29, 0.717) is 23.8 Å². The number of hydrogen-bond acceptors (Lipinski definition) is 3. The van der Waals surface area contributed by atoms with E-state index < -0.39 is 0 Å². The van der Waals surface area contributed by atoms with E-state index >= 15 is 0 Å². The molecule has 3 fully saturated rings. The van der Waals surface area contributed by atoms with Crippen LogP contribution in [0.4, 0.5) is 0 Å². The minimum absolute atomic E-state index is 0.0623. The Kier molecular flexibility index (Phi) is 7.57. The molecule has 0 spiro atoms. The van der Waals surface area contributed by atoms with Crippen LogP contribution in [0.3, 0.4) is 0 Å². The molecule has 1 saturated carbocycles. The molecule has 2 amide bonds. The third kappa shape index (κ3) is 5.24. The van der Waals surface area contributed by atoms with Crippen LogP contribution in [0.5, 0.6) is 0 Å². The van der Waals surface area contributed by atoms with Crippen molar-refractivity contribution in [1.82, 2.24) is 14.7 Å². The zero-order valence-corrected chi connectivity index (χ0v) is 17.5. The van der Waals surface area contributed by atoms with E-state index in [1.165, 1.54) is 38.5 Å². The summed E-state index contributed by atoms with van der Waals surface area (Å²) in [5.74, 6) is 1.24. The number of piperazine rings is 1. The van der Waals surface area contributed by atoms with Crippen molar-refractivity contribution in [3.05, 3.63) is 0 Å². The molecule has 0 N–H and O–H groups in total. The molecule has 5 nitrogen and oxygen atoms in total. The highest BCUT2D eigenvalue weighted by Crippen LogP contribution is 2.27. The van der Waals surface area contributed by atoms with Crippen molar-refractivity contribution in [2.45, 2.75) is 90.1 Å². The molecule has 2 aliphatic heterocycles. The molecule has 2 atom stereocenters. The molecule has 2 unspecified atom stereocenters. The molecule has 0 aromatic heterocycles. The van der Waals surface area contributed by atoms with Gasteiger partial charge in [-0.3, -0.25) is 14.5 Å². The molecule has 2 heterocycles. The van der Waals surface area contributed by atoms with Crippen LogP contribution in [0, 0.1) is 5.92 Å². The van der Waals surface area contributed by atoms with E-state index in [-0.39, 0.29) is 6.04 Å². The highest BCUT2D eigenvalue weighted by Gasteiger charge is 2.33. The van der Waals surface area contributed by atoms with Crippen LogP contribution >= 0.6 is 0 Å². The molecule has 27 heavy (non-hydrogen) atoms. The molecule has 1 aliphatic carbocycles. The molecule has 5 heteroatoms. The van der Waals surface area contributed by atoms with Crippen molar-refractivity contribution in [3.63, 3.8) is 0 Å². The number of hydrogen-bond donors (Lipinski definition) is 0. The lowest BCUT2D eigenvalue weighted by Crippen LogP contribution is -2.57. The second kappa shape index (κ2) is 9.90. The average molecular weight is 378 g/mol. The fraction of sp³-hybridized carbons (Fsp3) is 0.909. The van der Waals surface area contributed by atoms with E-state index in [4.69, 9.17) is 0 Å². The Labute approximate surface area is 165 Å². The normalized spacial score (nSPS) is 26.8. The van der Waals surface area contributed by atoms with Gasteiger partial charge < -0.3 is 9.80 Å². The van der Waals surface area contributed by atoms with Crippen molar-refractivity contribution in [1.29, 1.82) is 0 Å². The minimum Gasteiger partial charge on any atom is -0.340 e. The fourth-order valence-corrected chi connectivity index (χ4v) is 5.24. The van der Waals surface area contributed by atoms with Gasteiger partial charge in [-0.15, -0.1) is 0 Å². The standard InChI is InChI=1S/C22H39N3O2/c1-3-20-11-7-8-12-25(20)22(27)18(2)23-13-15-24(16-14-23)21(26)17-19-9-5-4-6-10-19/h18-20H,3-17H2,1-2H3. The van der Waals surface area contributed by atoms with Gasteiger partial charge in [-0.25, -0.2) is 0 Å². The maximum atomic E-state index is 13.0. The quantitative estimate of drug-likeness (QED) is 0.738. The maximum Gasteiger partial charge on any atom is 0.239 e. The molecule has 3 rings (SSSR count). The highest BCUT2D eigenvalue weighted by atomic mass is 16.2. The second-order valence-corrected chi connectivity index (χ2v) is 8.89. The SMILES string of the molecule is CCC1CCCCN1C(=O)C(C)N1CCN(C(=O)CC2CCCCC2)CC1. The summed E-state index contributed by atoms with van der Waals surface area (Å²) in [4.78, 5) is 32.1. The van der Waals surface area contributed by atoms with Crippen LogP contribution < -0.4 is 0 Å². The Morgan fingerprint density at radius 1 is 0.889 bits per heavy atom. The average Bonchev–Trinajstić information content (AvgIpc) is 2.73. The zero-order valence-electron chi connectivity index (χ0n) is 17.5. The first-order valence-electron chi connectivity index (χ1n) is 11.4. The smallest absolute Gasteiger partial charge is 0.239 e. The zero-order chi connectivity index (χ0) is 19.2.